The van der Waals surface area contributed by atoms with Gasteiger partial charge in [-0.25, -0.2) is 9.37 Å². The van der Waals surface area contributed by atoms with Crippen molar-refractivity contribution >= 4 is 53.1 Å². The molecule has 3 heterocycles. The number of carbonyl (C=O) groups excluding carboxylic acids is 2. The Labute approximate surface area is 213 Å². The zero-order valence-electron chi connectivity index (χ0n) is 18.9. The Balaban J connectivity index is 0.00000342. The lowest BCUT2D eigenvalue weighted by molar-refractivity contribution is 0.102. The van der Waals surface area contributed by atoms with E-state index < -0.39 is 17.6 Å². The number of carbonyl (C=O) groups is 2. The molecule has 12 heteroatoms. The Bertz CT molecular complexity index is 1180. The molecule has 2 N–H and O–H groups in total. The van der Waals surface area contributed by atoms with E-state index in [9.17, 15) is 14.0 Å². The monoisotopic (exact) mass is 519 g/mol. The summed E-state index contributed by atoms with van der Waals surface area (Å²) < 4.78 is 13.9. The number of halogens is 3. The molecule has 0 aliphatic carbocycles. The van der Waals surface area contributed by atoms with Gasteiger partial charge in [0, 0.05) is 25.8 Å². The molecule has 0 bridgehead atoms. The van der Waals surface area contributed by atoms with Crippen LogP contribution in [0.4, 0.5) is 21.7 Å². The number of amides is 2. The minimum Gasteiger partial charge on any atom is -0.354 e. The number of likely N-dealkylation sites (N-methyl/N-ethyl adjacent to an activating group) is 1. The van der Waals surface area contributed by atoms with Crippen molar-refractivity contribution in [1.29, 1.82) is 0 Å². The zero-order valence-corrected chi connectivity index (χ0v) is 20.4. The second-order valence-corrected chi connectivity index (χ2v) is 8.32. The highest BCUT2D eigenvalue weighted by molar-refractivity contribution is 6.30. The molecule has 3 aromatic rings. The summed E-state index contributed by atoms with van der Waals surface area (Å²) in [5, 5.41) is 13.8. The van der Waals surface area contributed by atoms with Crippen molar-refractivity contribution in [3.63, 3.8) is 0 Å². The van der Waals surface area contributed by atoms with E-state index in [-0.39, 0.29) is 35.2 Å². The van der Waals surface area contributed by atoms with Crippen molar-refractivity contribution in [3.05, 3.63) is 70.8 Å². The maximum atomic E-state index is 13.9. The van der Waals surface area contributed by atoms with E-state index in [0.717, 1.165) is 44.7 Å². The summed E-state index contributed by atoms with van der Waals surface area (Å²) in [6, 6.07) is 9.89. The normalized spacial score (nSPS) is 14.0. The molecular weight excluding hydrogens is 496 g/mol. The molecule has 4 rings (SSSR count). The Morgan fingerprint density at radius 3 is 2.51 bits per heavy atom. The summed E-state index contributed by atoms with van der Waals surface area (Å²) in [4.78, 5) is 33.9. The van der Waals surface area contributed by atoms with Gasteiger partial charge in [-0.2, -0.15) is 0 Å². The average Bonchev–Trinajstić information content (AvgIpc) is 3.06. The van der Waals surface area contributed by atoms with Crippen molar-refractivity contribution in [2.24, 2.45) is 0 Å². The van der Waals surface area contributed by atoms with Crippen LogP contribution in [0.3, 0.4) is 0 Å². The molecule has 35 heavy (non-hydrogen) atoms. The number of benzene rings is 1. The molecule has 9 nitrogen and oxygen atoms in total. The fourth-order valence-corrected chi connectivity index (χ4v) is 3.64. The van der Waals surface area contributed by atoms with E-state index in [2.05, 4.69) is 42.7 Å². The lowest BCUT2D eigenvalue weighted by Crippen LogP contribution is -2.29. The van der Waals surface area contributed by atoms with Gasteiger partial charge in [0.15, 0.2) is 11.5 Å². The maximum Gasteiger partial charge on any atom is 0.276 e. The summed E-state index contributed by atoms with van der Waals surface area (Å²) in [5.74, 6) is -0.905. The standard InChI is InChI=1S/C23H23ClFN7O2.ClH/c1-31-9-2-10-32(12-11-31)21-8-6-19(29-30-21)23(34)27-18-5-4-16(25)13-17(18)22(33)28-20-7-3-15(24)14-26-20;/h3-8,13-14H,2,9-12H2,1H3,(H,27,34)(H,26,28,33);1H. The molecule has 184 valence electrons. The van der Waals surface area contributed by atoms with Gasteiger partial charge in [0.05, 0.1) is 16.3 Å². The van der Waals surface area contributed by atoms with Gasteiger partial charge in [-0.05, 0) is 62.5 Å². The number of anilines is 3. The zero-order chi connectivity index (χ0) is 24.1. The lowest BCUT2D eigenvalue weighted by Gasteiger charge is -2.20. The first kappa shape index (κ1) is 26.3. The fourth-order valence-electron chi connectivity index (χ4n) is 3.52. The van der Waals surface area contributed by atoms with Gasteiger partial charge >= 0.3 is 0 Å². The lowest BCUT2D eigenvalue weighted by atomic mass is 10.1. The fraction of sp³-hybridized carbons (Fsp3) is 0.261. The summed E-state index contributed by atoms with van der Waals surface area (Å²) >= 11 is 5.81. The second kappa shape index (κ2) is 11.9. The van der Waals surface area contributed by atoms with Crippen LogP contribution < -0.4 is 15.5 Å². The molecule has 0 spiro atoms. The molecule has 1 aliphatic rings. The Kier molecular flexibility index (Phi) is 8.91. The minimum atomic E-state index is -0.641. The van der Waals surface area contributed by atoms with E-state index >= 15 is 0 Å². The van der Waals surface area contributed by atoms with Crippen molar-refractivity contribution < 1.29 is 14.0 Å². The molecule has 2 amide bonds. The van der Waals surface area contributed by atoms with Crippen molar-refractivity contribution in [2.45, 2.75) is 6.42 Å². The molecule has 0 atom stereocenters. The number of aromatic nitrogens is 3. The maximum absolute atomic E-state index is 13.9. The average molecular weight is 520 g/mol. The third kappa shape index (κ3) is 6.84. The predicted molar refractivity (Wildman–Crippen MR) is 135 cm³/mol. The van der Waals surface area contributed by atoms with Crippen LogP contribution in [-0.2, 0) is 0 Å². The number of hydrogen-bond donors (Lipinski definition) is 2. The number of nitrogens with one attached hydrogen (secondary N) is 2. The number of hydrogen-bond acceptors (Lipinski definition) is 7. The summed E-state index contributed by atoms with van der Waals surface area (Å²) in [6.07, 6.45) is 2.39. The Morgan fingerprint density at radius 1 is 0.971 bits per heavy atom. The Morgan fingerprint density at radius 2 is 1.80 bits per heavy atom. The first-order valence-corrected chi connectivity index (χ1v) is 11.1. The molecular formula is C23H24Cl2FN7O2. The molecule has 0 unspecified atom stereocenters. The van der Waals surface area contributed by atoms with Gasteiger partial charge in [-0.3, -0.25) is 9.59 Å². The van der Waals surface area contributed by atoms with Crippen LogP contribution in [0.15, 0.2) is 48.7 Å². The smallest absolute Gasteiger partial charge is 0.276 e. The number of rotatable bonds is 5. The van der Waals surface area contributed by atoms with Crippen molar-refractivity contribution in [3.8, 4) is 0 Å². The molecule has 0 saturated carbocycles. The van der Waals surface area contributed by atoms with Crippen LogP contribution in [0.1, 0.15) is 27.3 Å². The highest BCUT2D eigenvalue weighted by Crippen LogP contribution is 2.20. The molecule has 2 aromatic heterocycles. The van der Waals surface area contributed by atoms with Crippen LogP contribution in [0.25, 0.3) is 0 Å². The van der Waals surface area contributed by atoms with Crippen LogP contribution in [0, 0.1) is 5.82 Å². The SMILES string of the molecule is CN1CCCN(c2ccc(C(=O)Nc3ccc(F)cc3C(=O)Nc3ccc(Cl)cn3)nn2)CC1.Cl. The number of pyridine rings is 1. The Hall–Kier alpha value is -3.34. The van der Waals surface area contributed by atoms with Gasteiger partial charge < -0.3 is 20.4 Å². The first-order valence-electron chi connectivity index (χ1n) is 10.7. The van der Waals surface area contributed by atoms with Crippen molar-refractivity contribution in [2.75, 3.05) is 48.8 Å². The van der Waals surface area contributed by atoms with Crippen LogP contribution in [0.5, 0.6) is 0 Å². The highest BCUT2D eigenvalue weighted by Gasteiger charge is 2.19. The van der Waals surface area contributed by atoms with Gasteiger partial charge in [0.25, 0.3) is 11.8 Å². The molecule has 1 saturated heterocycles. The molecule has 1 aromatic carbocycles. The quantitative estimate of drug-likeness (QED) is 0.529. The van der Waals surface area contributed by atoms with E-state index in [0.29, 0.717) is 10.8 Å². The third-order valence-electron chi connectivity index (χ3n) is 5.37. The predicted octanol–water partition coefficient (Wildman–Crippen LogP) is 3.73. The number of nitrogens with zero attached hydrogens (tertiary/aromatic N) is 5. The van der Waals surface area contributed by atoms with E-state index in [1.807, 2.05) is 0 Å². The van der Waals surface area contributed by atoms with Gasteiger partial charge in [-0.1, -0.05) is 11.6 Å². The van der Waals surface area contributed by atoms with Crippen LogP contribution in [-0.4, -0.2) is 65.1 Å². The summed E-state index contributed by atoms with van der Waals surface area (Å²) in [7, 11) is 2.08. The van der Waals surface area contributed by atoms with Crippen LogP contribution >= 0.6 is 24.0 Å². The van der Waals surface area contributed by atoms with Gasteiger partial charge in [0.2, 0.25) is 0 Å². The van der Waals surface area contributed by atoms with E-state index in [4.69, 9.17) is 11.6 Å². The molecule has 1 fully saturated rings. The second-order valence-electron chi connectivity index (χ2n) is 7.88. The third-order valence-corrected chi connectivity index (χ3v) is 5.59. The summed E-state index contributed by atoms with van der Waals surface area (Å²) in [6.45, 7) is 3.63. The summed E-state index contributed by atoms with van der Waals surface area (Å²) in [5.41, 5.74) is 0.133. The first-order chi connectivity index (χ1) is 16.4. The molecule has 0 radical (unpaired) electrons. The largest absolute Gasteiger partial charge is 0.354 e. The molecule has 1 aliphatic heterocycles. The highest BCUT2D eigenvalue weighted by atomic mass is 35.5. The van der Waals surface area contributed by atoms with Crippen molar-refractivity contribution in [1.82, 2.24) is 20.1 Å². The minimum absolute atomic E-state index is 0. The van der Waals surface area contributed by atoms with E-state index in [1.165, 1.54) is 18.3 Å². The van der Waals surface area contributed by atoms with Gasteiger partial charge in [-0.15, -0.1) is 22.6 Å². The topological polar surface area (TPSA) is 103 Å². The van der Waals surface area contributed by atoms with Crippen LogP contribution in [0.2, 0.25) is 5.02 Å². The van der Waals surface area contributed by atoms with Gasteiger partial charge in [0.1, 0.15) is 11.6 Å². The van der Waals surface area contributed by atoms with E-state index in [1.54, 1.807) is 18.2 Å².